The fraction of sp³-hybridized carbons (Fsp3) is 0.579. The van der Waals surface area contributed by atoms with Gasteiger partial charge in [-0.1, -0.05) is 11.6 Å². The molecule has 0 radical (unpaired) electrons. The summed E-state index contributed by atoms with van der Waals surface area (Å²) in [7, 11) is 0. The molecule has 7 heteroatoms. The Bertz CT molecular complexity index is 731. The topological polar surface area (TPSA) is 49.9 Å². The molecule has 0 bridgehead atoms. The van der Waals surface area contributed by atoms with Crippen LogP contribution in [-0.2, 0) is 9.53 Å². The molecule has 1 unspecified atom stereocenters. The molecule has 1 aromatic carbocycles. The minimum atomic E-state index is -0.550. The summed E-state index contributed by atoms with van der Waals surface area (Å²) in [5.74, 6) is -0.103. The van der Waals surface area contributed by atoms with Gasteiger partial charge >= 0.3 is 0 Å². The van der Waals surface area contributed by atoms with Crippen LogP contribution in [0.1, 0.15) is 36.0 Å². The van der Waals surface area contributed by atoms with E-state index in [-0.39, 0.29) is 16.8 Å². The van der Waals surface area contributed by atoms with Crippen molar-refractivity contribution < 1.29 is 18.7 Å². The standard InChI is InChI=1S/C19H22ClFN2O3/c20-15-9-14(3-4-16(15)21)18(25)22-7-5-17(24)23(10-13-1-2-13)19(11-22)6-8-26-12-19/h3-4,9,13H,1-2,5-8,10-12H2. The van der Waals surface area contributed by atoms with E-state index in [4.69, 9.17) is 16.3 Å². The molecule has 1 aliphatic carbocycles. The van der Waals surface area contributed by atoms with Crippen molar-refractivity contribution in [1.29, 1.82) is 0 Å². The van der Waals surface area contributed by atoms with E-state index in [2.05, 4.69) is 0 Å². The highest BCUT2D eigenvalue weighted by molar-refractivity contribution is 6.31. The van der Waals surface area contributed by atoms with Crippen LogP contribution < -0.4 is 0 Å². The lowest BCUT2D eigenvalue weighted by Crippen LogP contribution is -2.57. The monoisotopic (exact) mass is 380 g/mol. The number of halogens is 2. The molecule has 0 aromatic heterocycles. The molecule has 4 rings (SSSR count). The van der Waals surface area contributed by atoms with Crippen LogP contribution in [0.5, 0.6) is 0 Å². The Kier molecular flexibility index (Phi) is 4.65. The number of carbonyl (C=O) groups is 2. The lowest BCUT2D eigenvalue weighted by atomic mass is 9.94. The Balaban J connectivity index is 1.60. The van der Waals surface area contributed by atoms with Gasteiger partial charge in [-0.15, -0.1) is 0 Å². The number of ether oxygens (including phenoxy) is 1. The maximum Gasteiger partial charge on any atom is 0.254 e. The number of carbonyl (C=O) groups excluding carboxylic acids is 2. The van der Waals surface area contributed by atoms with Crippen LogP contribution >= 0.6 is 11.6 Å². The number of rotatable bonds is 3. The van der Waals surface area contributed by atoms with E-state index >= 15 is 0 Å². The van der Waals surface area contributed by atoms with E-state index in [1.807, 2.05) is 4.90 Å². The van der Waals surface area contributed by atoms with Crippen LogP contribution in [-0.4, -0.2) is 60.0 Å². The highest BCUT2D eigenvalue weighted by Gasteiger charge is 2.48. The zero-order valence-corrected chi connectivity index (χ0v) is 15.3. The Morgan fingerprint density at radius 3 is 2.85 bits per heavy atom. The summed E-state index contributed by atoms with van der Waals surface area (Å²) in [5, 5.41) is -0.0731. The van der Waals surface area contributed by atoms with Crippen molar-refractivity contribution in [3.8, 4) is 0 Å². The zero-order chi connectivity index (χ0) is 18.3. The quantitative estimate of drug-likeness (QED) is 0.810. The van der Waals surface area contributed by atoms with Gasteiger partial charge in [0.05, 0.1) is 17.2 Å². The third kappa shape index (κ3) is 3.32. The van der Waals surface area contributed by atoms with Crippen LogP contribution in [0.25, 0.3) is 0 Å². The van der Waals surface area contributed by atoms with Crippen LogP contribution in [0, 0.1) is 11.7 Å². The van der Waals surface area contributed by atoms with Gasteiger partial charge in [0.1, 0.15) is 5.82 Å². The molecule has 5 nitrogen and oxygen atoms in total. The summed E-state index contributed by atoms with van der Waals surface area (Å²) in [5.41, 5.74) is -0.107. The number of hydrogen-bond donors (Lipinski definition) is 0. The van der Waals surface area contributed by atoms with Gasteiger partial charge in [0.25, 0.3) is 5.91 Å². The van der Waals surface area contributed by atoms with E-state index in [9.17, 15) is 14.0 Å². The fourth-order valence-electron chi connectivity index (χ4n) is 3.92. The second-order valence-corrected chi connectivity index (χ2v) is 7.99. The van der Waals surface area contributed by atoms with Crippen molar-refractivity contribution in [2.24, 2.45) is 5.92 Å². The maximum absolute atomic E-state index is 13.4. The molecular formula is C19H22ClFN2O3. The first-order chi connectivity index (χ1) is 12.5. The average molecular weight is 381 g/mol. The molecule has 0 N–H and O–H groups in total. The van der Waals surface area contributed by atoms with Crippen molar-refractivity contribution in [2.45, 2.75) is 31.2 Å². The van der Waals surface area contributed by atoms with Gasteiger partial charge < -0.3 is 14.5 Å². The predicted molar refractivity (Wildman–Crippen MR) is 94.5 cm³/mol. The van der Waals surface area contributed by atoms with Gasteiger partial charge in [0.15, 0.2) is 0 Å². The largest absolute Gasteiger partial charge is 0.379 e. The number of amides is 2. The second-order valence-electron chi connectivity index (χ2n) is 7.58. The molecule has 2 heterocycles. The highest BCUT2D eigenvalue weighted by Crippen LogP contribution is 2.37. The molecule has 1 spiro atoms. The van der Waals surface area contributed by atoms with E-state index in [1.54, 1.807) is 4.90 Å². The van der Waals surface area contributed by atoms with Gasteiger partial charge in [-0.25, -0.2) is 4.39 Å². The molecule has 26 heavy (non-hydrogen) atoms. The van der Waals surface area contributed by atoms with Crippen molar-refractivity contribution in [3.05, 3.63) is 34.6 Å². The third-order valence-electron chi connectivity index (χ3n) is 5.63. The lowest BCUT2D eigenvalue weighted by molar-refractivity contribution is -0.136. The first-order valence-corrected chi connectivity index (χ1v) is 9.49. The Labute approximate surface area is 157 Å². The molecule has 140 valence electrons. The summed E-state index contributed by atoms with van der Waals surface area (Å²) >= 11 is 5.83. The average Bonchev–Trinajstić information content (AvgIpc) is 3.36. The van der Waals surface area contributed by atoms with Crippen molar-refractivity contribution in [1.82, 2.24) is 9.80 Å². The smallest absolute Gasteiger partial charge is 0.254 e. The molecule has 1 saturated carbocycles. The van der Waals surface area contributed by atoms with E-state index < -0.39 is 11.4 Å². The minimum absolute atomic E-state index is 0.0731. The van der Waals surface area contributed by atoms with Crippen LogP contribution in [0.3, 0.4) is 0 Å². The summed E-state index contributed by atoms with van der Waals surface area (Å²) in [4.78, 5) is 29.5. The Hall–Kier alpha value is -1.66. The lowest BCUT2D eigenvalue weighted by Gasteiger charge is -2.40. The SMILES string of the molecule is O=C(c1ccc(F)c(Cl)c1)N1CCC(=O)N(CC2CC2)C2(CCOC2)C1. The molecule has 3 aliphatic rings. The Morgan fingerprint density at radius 2 is 2.19 bits per heavy atom. The molecule has 2 saturated heterocycles. The summed E-state index contributed by atoms with van der Waals surface area (Å²) < 4.78 is 19.1. The van der Waals surface area contributed by atoms with Gasteiger partial charge in [-0.2, -0.15) is 0 Å². The molecule has 3 fully saturated rings. The van der Waals surface area contributed by atoms with Crippen LogP contribution in [0.2, 0.25) is 5.02 Å². The van der Waals surface area contributed by atoms with Crippen molar-refractivity contribution in [3.63, 3.8) is 0 Å². The summed E-state index contributed by atoms with van der Waals surface area (Å²) in [6, 6.07) is 3.99. The highest BCUT2D eigenvalue weighted by atomic mass is 35.5. The van der Waals surface area contributed by atoms with Gasteiger partial charge in [-0.3, -0.25) is 9.59 Å². The fourth-order valence-corrected chi connectivity index (χ4v) is 4.10. The number of benzene rings is 1. The van der Waals surface area contributed by atoms with Crippen molar-refractivity contribution in [2.75, 3.05) is 32.8 Å². The van der Waals surface area contributed by atoms with E-state index in [0.29, 0.717) is 44.2 Å². The number of nitrogens with zero attached hydrogens (tertiary/aromatic N) is 2. The third-order valence-corrected chi connectivity index (χ3v) is 5.92. The normalized spacial score (nSPS) is 26.5. The second kappa shape index (κ2) is 6.82. The van der Waals surface area contributed by atoms with E-state index in [1.165, 1.54) is 18.2 Å². The van der Waals surface area contributed by atoms with Gasteiger partial charge in [0.2, 0.25) is 5.91 Å². The van der Waals surface area contributed by atoms with E-state index in [0.717, 1.165) is 25.8 Å². The summed E-state index contributed by atoms with van der Waals surface area (Å²) in [6.45, 7) is 2.61. The number of hydrogen-bond acceptors (Lipinski definition) is 3. The molecule has 2 amide bonds. The zero-order valence-electron chi connectivity index (χ0n) is 14.5. The Morgan fingerprint density at radius 1 is 1.38 bits per heavy atom. The predicted octanol–water partition coefficient (Wildman–Crippen LogP) is 2.72. The van der Waals surface area contributed by atoms with Gasteiger partial charge in [0, 0.05) is 38.2 Å². The van der Waals surface area contributed by atoms with Crippen LogP contribution in [0.4, 0.5) is 4.39 Å². The molecule has 1 aromatic rings. The van der Waals surface area contributed by atoms with Crippen molar-refractivity contribution >= 4 is 23.4 Å². The molecule has 2 aliphatic heterocycles. The first-order valence-electron chi connectivity index (χ1n) is 9.11. The van der Waals surface area contributed by atoms with Crippen LogP contribution in [0.15, 0.2) is 18.2 Å². The molecule has 1 atom stereocenters. The first kappa shape index (κ1) is 17.7. The van der Waals surface area contributed by atoms with Gasteiger partial charge in [-0.05, 0) is 43.4 Å². The maximum atomic E-state index is 13.4. The minimum Gasteiger partial charge on any atom is -0.379 e. The molecular weight excluding hydrogens is 359 g/mol. The summed E-state index contributed by atoms with van der Waals surface area (Å²) in [6.07, 6.45) is 3.36.